The molecule has 6 nitrogen and oxygen atoms in total. The predicted octanol–water partition coefficient (Wildman–Crippen LogP) is 5.58. The predicted molar refractivity (Wildman–Crippen MR) is 118 cm³/mol. The normalized spacial score (nSPS) is 11.3. The third-order valence-electron chi connectivity index (χ3n) is 4.09. The molecule has 0 atom stereocenters. The van der Waals surface area contributed by atoms with Gasteiger partial charge in [0, 0.05) is 10.9 Å². The van der Waals surface area contributed by atoms with Crippen LogP contribution in [0.3, 0.4) is 0 Å². The van der Waals surface area contributed by atoms with Gasteiger partial charge in [0.25, 0.3) is 0 Å². The number of halogens is 1. The van der Waals surface area contributed by atoms with Gasteiger partial charge in [-0.2, -0.15) is 14.9 Å². The Labute approximate surface area is 180 Å². The van der Waals surface area contributed by atoms with Gasteiger partial charge in [0.15, 0.2) is 17.3 Å². The van der Waals surface area contributed by atoms with E-state index in [2.05, 4.69) is 15.3 Å². The molecule has 0 aliphatic carbocycles. The first kappa shape index (κ1) is 21.1. The summed E-state index contributed by atoms with van der Waals surface area (Å²) in [4.78, 5) is 0. The van der Waals surface area contributed by atoms with Crippen LogP contribution in [0.15, 0.2) is 47.6 Å². The third-order valence-corrected chi connectivity index (χ3v) is 4.61. The van der Waals surface area contributed by atoms with E-state index >= 15 is 0 Å². The number of hydrogen-bond donors (Lipinski definition) is 1. The summed E-state index contributed by atoms with van der Waals surface area (Å²) in [5.41, 5.74) is 1.89. The lowest BCUT2D eigenvalue weighted by molar-refractivity contribution is 0.269. The number of nitrogens with zero attached hydrogens (tertiary/aromatic N) is 3. The Hall–Kier alpha value is -2.64. The number of ether oxygens (including phenoxy) is 2. The van der Waals surface area contributed by atoms with Crippen LogP contribution >= 0.6 is 23.8 Å². The van der Waals surface area contributed by atoms with E-state index in [1.807, 2.05) is 63.2 Å². The maximum absolute atomic E-state index is 5.94. The molecular weight excluding hydrogens is 408 g/mol. The number of aromatic amines is 1. The molecular formula is C21H23ClN4O2S. The SMILES string of the molecule is CCOc1cc(/C=N/n2c(C(C)C)n[nH]c2=S)ccc1OCc1ccc(Cl)cc1. The minimum absolute atomic E-state index is 0.197. The number of H-pyrrole nitrogens is 1. The van der Waals surface area contributed by atoms with Gasteiger partial charge in [-0.05, 0) is 60.6 Å². The van der Waals surface area contributed by atoms with Crippen molar-refractivity contribution in [1.82, 2.24) is 14.9 Å². The molecule has 3 aromatic rings. The molecule has 0 aliphatic rings. The lowest BCUT2D eigenvalue weighted by Gasteiger charge is -2.13. The van der Waals surface area contributed by atoms with Crippen molar-refractivity contribution in [3.63, 3.8) is 0 Å². The maximum Gasteiger partial charge on any atom is 0.216 e. The maximum atomic E-state index is 5.94. The molecule has 29 heavy (non-hydrogen) atoms. The number of hydrogen-bond acceptors (Lipinski definition) is 5. The van der Waals surface area contributed by atoms with E-state index in [9.17, 15) is 0 Å². The van der Waals surface area contributed by atoms with Crippen LogP contribution in [0.5, 0.6) is 11.5 Å². The molecule has 0 saturated carbocycles. The molecule has 152 valence electrons. The minimum Gasteiger partial charge on any atom is -0.490 e. The summed E-state index contributed by atoms with van der Waals surface area (Å²) in [7, 11) is 0. The van der Waals surface area contributed by atoms with Crippen molar-refractivity contribution in [2.75, 3.05) is 6.61 Å². The summed E-state index contributed by atoms with van der Waals surface area (Å²) in [6.07, 6.45) is 1.72. The van der Waals surface area contributed by atoms with Crippen LogP contribution in [0.2, 0.25) is 5.02 Å². The third kappa shape index (κ3) is 5.46. The monoisotopic (exact) mass is 430 g/mol. The van der Waals surface area contributed by atoms with Crippen molar-refractivity contribution < 1.29 is 9.47 Å². The van der Waals surface area contributed by atoms with Gasteiger partial charge in [-0.25, -0.2) is 0 Å². The van der Waals surface area contributed by atoms with E-state index in [4.69, 9.17) is 33.3 Å². The van der Waals surface area contributed by atoms with E-state index in [1.54, 1.807) is 10.9 Å². The molecule has 1 aromatic heterocycles. The molecule has 0 unspecified atom stereocenters. The summed E-state index contributed by atoms with van der Waals surface area (Å²) in [5, 5.41) is 12.2. The minimum atomic E-state index is 0.197. The summed E-state index contributed by atoms with van der Waals surface area (Å²) < 4.78 is 13.8. The van der Waals surface area contributed by atoms with Crippen molar-refractivity contribution in [1.29, 1.82) is 0 Å². The van der Waals surface area contributed by atoms with Crippen molar-refractivity contribution in [2.24, 2.45) is 5.10 Å². The Balaban J connectivity index is 1.79. The van der Waals surface area contributed by atoms with Gasteiger partial charge in [0.1, 0.15) is 6.61 Å². The molecule has 8 heteroatoms. The largest absolute Gasteiger partial charge is 0.490 e. The first-order chi connectivity index (χ1) is 14.0. The Morgan fingerprint density at radius 3 is 2.62 bits per heavy atom. The van der Waals surface area contributed by atoms with Crippen LogP contribution in [-0.2, 0) is 6.61 Å². The molecule has 0 spiro atoms. The molecule has 3 rings (SSSR count). The molecule has 1 N–H and O–H groups in total. The molecule has 0 amide bonds. The quantitative estimate of drug-likeness (QED) is 0.374. The van der Waals surface area contributed by atoms with Gasteiger partial charge < -0.3 is 9.47 Å². The topological polar surface area (TPSA) is 64.4 Å². The van der Waals surface area contributed by atoms with E-state index in [1.165, 1.54) is 0 Å². The lowest BCUT2D eigenvalue weighted by atomic mass is 10.2. The van der Waals surface area contributed by atoms with Gasteiger partial charge in [-0.1, -0.05) is 37.6 Å². The average molecular weight is 431 g/mol. The number of nitrogens with one attached hydrogen (secondary N) is 1. The summed E-state index contributed by atoms with van der Waals surface area (Å²) in [6, 6.07) is 13.2. The van der Waals surface area contributed by atoms with E-state index in [0.29, 0.717) is 34.5 Å². The second-order valence-electron chi connectivity index (χ2n) is 6.65. The molecule has 2 aromatic carbocycles. The van der Waals surface area contributed by atoms with Crippen molar-refractivity contribution in [2.45, 2.75) is 33.3 Å². The molecule has 0 radical (unpaired) electrons. The van der Waals surface area contributed by atoms with Crippen LogP contribution in [0.25, 0.3) is 0 Å². The van der Waals surface area contributed by atoms with Crippen LogP contribution < -0.4 is 9.47 Å². The van der Waals surface area contributed by atoms with Gasteiger partial charge in [-0.15, -0.1) is 0 Å². The second kappa shape index (κ2) is 9.71. The van der Waals surface area contributed by atoms with Gasteiger partial charge in [0.05, 0.1) is 12.8 Å². The zero-order valence-corrected chi connectivity index (χ0v) is 18.1. The van der Waals surface area contributed by atoms with Gasteiger partial charge in [0.2, 0.25) is 4.77 Å². The molecule has 1 heterocycles. The fraction of sp³-hybridized carbons (Fsp3) is 0.286. The number of rotatable bonds is 8. The molecule has 0 saturated heterocycles. The zero-order valence-electron chi connectivity index (χ0n) is 16.6. The van der Waals surface area contributed by atoms with E-state index < -0.39 is 0 Å². The standard InChI is InChI=1S/C21H23ClN4O2S/c1-4-27-19-11-16(12-23-26-20(14(2)3)24-25-21(26)29)7-10-18(19)28-13-15-5-8-17(22)9-6-15/h5-12,14H,4,13H2,1-3H3,(H,25,29)/b23-12+. The summed E-state index contributed by atoms with van der Waals surface area (Å²) in [5.74, 6) is 2.30. The lowest BCUT2D eigenvalue weighted by Crippen LogP contribution is -2.02. The van der Waals surface area contributed by atoms with Crippen LogP contribution in [0, 0.1) is 4.77 Å². The Morgan fingerprint density at radius 2 is 1.93 bits per heavy atom. The molecule has 0 aliphatic heterocycles. The number of benzene rings is 2. The van der Waals surface area contributed by atoms with Crippen molar-refractivity contribution in [3.8, 4) is 11.5 Å². The van der Waals surface area contributed by atoms with Gasteiger partial charge >= 0.3 is 0 Å². The first-order valence-electron chi connectivity index (χ1n) is 9.33. The highest BCUT2D eigenvalue weighted by Crippen LogP contribution is 2.29. The van der Waals surface area contributed by atoms with Gasteiger partial charge in [-0.3, -0.25) is 5.10 Å². The van der Waals surface area contributed by atoms with E-state index in [-0.39, 0.29) is 5.92 Å². The van der Waals surface area contributed by atoms with Crippen LogP contribution in [0.4, 0.5) is 0 Å². The van der Waals surface area contributed by atoms with Crippen LogP contribution in [0.1, 0.15) is 43.6 Å². The highest BCUT2D eigenvalue weighted by Gasteiger charge is 2.10. The molecule has 0 bridgehead atoms. The number of aromatic nitrogens is 3. The fourth-order valence-electron chi connectivity index (χ4n) is 2.65. The highest BCUT2D eigenvalue weighted by molar-refractivity contribution is 7.71. The smallest absolute Gasteiger partial charge is 0.216 e. The Morgan fingerprint density at radius 1 is 1.17 bits per heavy atom. The zero-order chi connectivity index (χ0) is 20.8. The van der Waals surface area contributed by atoms with Crippen LogP contribution in [-0.4, -0.2) is 27.7 Å². The Kier molecular flexibility index (Phi) is 7.06. The van der Waals surface area contributed by atoms with E-state index in [0.717, 1.165) is 17.0 Å². The summed E-state index contributed by atoms with van der Waals surface area (Å²) in [6.45, 7) is 6.96. The molecule has 0 fully saturated rings. The highest BCUT2D eigenvalue weighted by atomic mass is 35.5. The van der Waals surface area contributed by atoms with Crippen molar-refractivity contribution >= 4 is 30.0 Å². The fourth-order valence-corrected chi connectivity index (χ4v) is 2.96. The summed E-state index contributed by atoms with van der Waals surface area (Å²) >= 11 is 11.2. The second-order valence-corrected chi connectivity index (χ2v) is 7.48. The average Bonchev–Trinajstić information content (AvgIpc) is 3.08. The first-order valence-corrected chi connectivity index (χ1v) is 10.1. The van der Waals surface area contributed by atoms with Crippen molar-refractivity contribution in [3.05, 3.63) is 69.2 Å². The Bertz CT molecular complexity index is 1040.